The zero-order chi connectivity index (χ0) is 24.6. The summed E-state index contributed by atoms with van der Waals surface area (Å²) < 4.78 is 11.7. The van der Waals surface area contributed by atoms with Gasteiger partial charge in [0.15, 0.2) is 0 Å². The number of benzene rings is 2. The number of rotatable bonds is 12. The molecule has 0 fully saturated rings. The second-order valence-corrected chi connectivity index (χ2v) is 9.19. The highest BCUT2D eigenvalue weighted by molar-refractivity contribution is 5.90. The van der Waals surface area contributed by atoms with Gasteiger partial charge in [-0.25, -0.2) is 4.98 Å². The second kappa shape index (κ2) is 11.9. The maximum Gasteiger partial charge on any atom is 0.232 e. The molecule has 5 heteroatoms. The standard InChI is InChI=1S/C29H37N3O2/c1-6-16-32(17-7-2)25-12-11-22-19-24(10-9-23(22)20-25)26-13-15-31-28(27(26)21-30)34-29(4,5)14-18-33-8-3/h9-13,15,19-20H,6-8,14,16-18H2,1-5H3. The molecule has 0 radical (unpaired) electrons. The Labute approximate surface area is 204 Å². The number of ether oxygens (including phenoxy) is 2. The molecule has 0 aliphatic carbocycles. The monoisotopic (exact) mass is 459 g/mol. The Morgan fingerprint density at radius 1 is 0.971 bits per heavy atom. The Kier molecular flexibility index (Phi) is 8.90. The minimum Gasteiger partial charge on any atom is -0.471 e. The lowest BCUT2D eigenvalue weighted by atomic mass is 9.98. The van der Waals surface area contributed by atoms with E-state index in [0.29, 0.717) is 31.1 Å². The molecule has 0 spiro atoms. The van der Waals surface area contributed by atoms with E-state index in [1.165, 1.54) is 11.1 Å². The van der Waals surface area contributed by atoms with Crippen LogP contribution < -0.4 is 9.64 Å². The Morgan fingerprint density at radius 2 is 1.68 bits per heavy atom. The number of pyridine rings is 1. The summed E-state index contributed by atoms with van der Waals surface area (Å²) in [5.74, 6) is 0.367. The number of fused-ring (bicyclic) bond motifs is 1. The highest BCUT2D eigenvalue weighted by Crippen LogP contribution is 2.33. The van der Waals surface area contributed by atoms with Gasteiger partial charge in [-0.3, -0.25) is 0 Å². The van der Waals surface area contributed by atoms with Crippen molar-refractivity contribution in [2.24, 2.45) is 0 Å². The fourth-order valence-corrected chi connectivity index (χ4v) is 4.15. The molecule has 5 nitrogen and oxygen atoms in total. The number of hydrogen-bond acceptors (Lipinski definition) is 5. The minimum atomic E-state index is -0.491. The number of nitrogens with zero attached hydrogens (tertiary/aromatic N) is 3. The van der Waals surface area contributed by atoms with Gasteiger partial charge in [-0.15, -0.1) is 0 Å². The van der Waals surface area contributed by atoms with Crippen molar-refractivity contribution in [2.75, 3.05) is 31.2 Å². The van der Waals surface area contributed by atoms with E-state index < -0.39 is 5.60 Å². The minimum absolute atomic E-state index is 0.367. The number of nitriles is 1. The van der Waals surface area contributed by atoms with Crippen molar-refractivity contribution in [3.63, 3.8) is 0 Å². The van der Waals surface area contributed by atoms with Crippen LogP contribution in [-0.2, 0) is 4.74 Å². The van der Waals surface area contributed by atoms with E-state index in [1.807, 2.05) is 26.8 Å². The normalized spacial score (nSPS) is 11.4. The SMILES string of the molecule is CCCN(CCC)c1ccc2cc(-c3ccnc(OC(C)(C)CCOCC)c3C#N)ccc2c1. The van der Waals surface area contributed by atoms with E-state index in [9.17, 15) is 5.26 Å². The van der Waals surface area contributed by atoms with Gasteiger partial charge in [-0.1, -0.05) is 32.0 Å². The summed E-state index contributed by atoms with van der Waals surface area (Å²) >= 11 is 0. The molecule has 0 aliphatic rings. The van der Waals surface area contributed by atoms with E-state index in [1.54, 1.807) is 6.20 Å². The maximum atomic E-state index is 9.98. The number of hydrogen-bond donors (Lipinski definition) is 0. The van der Waals surface area contributed by atoms with Crippen LogP contribution in [0.5, 0.6) is 5.88 Å². The van der Waals surface area contributed by atoms with E-state index in [4.69, 9.17) is 9.47 Å². The molecular formula is C29H37N3O2. The number of anilines is 1. The first-order chi connectivity index (χ1) is 16.4. The van der Waals surface area contributed by atoms with Gasteiger partial charge in [0.1, 0.15) is 17.2 Å². The largest absolute Gasteiger partial charge is 0.471 e. The summed E-state index contributed by atoms with van der Waals surface area (Å²) in [6.45, 7) is 13.8. The molecule has 2 aromatic carbocycles. The van der Waals surface area contributed by atoms with Gasteiger partial charge in [-0.05, 0) is 74.2 Å². The molecule has 34 heavy (non-hydrogen) atoms. The quantitative estimate of drug-likeness (QED) is 0.273. The molecule has 0 bridgehead atoms. The van der Waals surface area contributed by atoms with Crippen LogP contribution >= 0.6 is 0 Å². The van der Waals surface area contributed by atoms with E-state index >= 15 is 0 Å². The van der Waals surface area contributed by atoms with E-state index in [-0.39, 0.29) is 0 Å². The molecule has 0 aliphatic heterocycles. The van der Waals surface area contributed by atoms with Gasteiger partial charge >= 0.3 is 0 Å². The van der Waals surface area contributed by atoms with Crippen LogP contribution in [0.4, 0.5) is 5.69 Å². The summed E-state index contributed by atoms with van der Waals surface area (Å²) in [5, 5.41) is 12.3. The van der Waals surface area contributed by atoms with Crippen LogP contribution in [0, 0.1) is 11.3 Å². The van der Waals surface area contributed by atoms with Crippen molar-refractivity contribution in [3.8, 4) is 23.1 Å². The molecule has 0 unspecified atom stereocenters. The molecule has 0 saturated heterocycles. The zero-order valence-electron chi connectivity index (χ0n) is 21.2. The fourth-order valence-electron chi connectivity index (χ4n) is 4.15. The first-order valence-electron chi connectivity index (χ1n) is 12.4. The van der Waals surface area contributed by atoms with Crippen LogP contribution in [0.3, 0.4) is 0 Å². The van der Waals surface area contributed by atoms with Crippen LogP contribution in [0.25, 0.3) is 21.9 Å². The van der Waals surface area contributed by atoms with Crippen LogP contribution in [0.1, 0.15) is 59.4 Å². The summed E-state index contributed by atoms with van der Waals surface area (Å²) in [6, 6.07) is 17.2. The summed E-state index contributed by atoms with van der Waals surface area (Å²) in [7, 11) is 0. The van der Waals surface area contributed by atoms with Crippen molar-refractivity contribution < 1.29 is 9.47 Å². The molecule has 3 aromatic rings. The van der Waals surface area contributed by atoms with Gasteiger partial charge in [-0.2, -0.15) is 5.26 Å². The Bertz CT molecular complexity index is 1130. The van der Waals surface area contributed by atoms with E-state index in [2.05, 4.69) is 66.2 Å². The van der Waals surface area contributed by atoms with Crippen LogP contribution in [0.15, 0.2) is 48.7 Å². The average molecular weight is 460 g/mol. The van der Waals surface area contributed by atoms with E-state index in [0.717, 1.165) is 42.4 Å². The van der Waals surface area contributed by atoms with Crippen molar-refractivity contribution in [1.82, 2.24) is 4.98 Å². The smallest absolute Gasteiger partial charge is 0.232 e. The Balaban J connectivity index is 1.92. The van der Waals surface area contributed by atoms with Gasteiger partial charge in [0.05, 0.1) is 6.61 Å². The van der Waals surface area contributed by atoms with Gasteiger partial charge < -0.3 is 14.4 Å². The van der Waals surface area contributed by atoms with Crippen molar-refractivity contribution in [3.05, 3.63) is 54.2 Å². The molecule has 1 heterocycles. The topological polar surface area (TPSA) is 58.4 Å². The van der Waals surface area contributed by atoms with Crippen molar-refractivity contribution >= 4 is 16.5 Å². The van der Waals surface area contributed by atoms with Crippen molar-refractivity contribution in [1.29, 1.82) is 5.26 Å². The Hall–Kier alpha value is -3.10. The number of aromatic nitrogens is 1. The van der Waals surface area contributed by atoms with Gasteiger partial charge in [0.2, 0.25) is 5.88 Å². The van der Waals surface area contributed by atoms with Gasteiger partial charge in [0, 0.05) is 43.6 Å². The lowest BCUT2D eigenvalue weighted by Crippen LogP contribution is -2.30. The highest BCUT2D eigenvalue weighted by Gasteiger charge is 2.23. The molecule has 0 atom stereocenters. The first kappa shape index (κ1) is 25.5. The summed E-state index contributed by atoms with van der Waals surface area (Å²) in [6.07, 6.45) is 4.68. The third kappa shape index (κ3) is 6.27. The summed E-state index contributed by atoms with van der Waals surface area (Å²) in [4.78, 5) is 6.83. The maximum absolute atomic E-state index is 9.98. The summed E-state index contributed by atoms with van der Waals surface area (Å²) in [5.41, 5.74) is 3.04. The lowest BCUT2D eigenvalue weighted by molar-refractivity contribution is 0.0471. The molecule has 0 saturated carbocycles. The fraction of sp³-hybridized carbons (Fsp3) is 0.448. The molecule has 0 amide bonds. The highest BCUT2D eigenvalue weighted by atomic mass is 16.5. The second-order valence-electron chi connectivity index (χ2n) is 9.19. The third-order valence-corrected chi connectivity index (χ3v) is 5.94. The predicted octanol–water partition coefficient (Wildman–Crippen LogP) is 6.98. The molecule has 180 valence electrons. The molecule has 1 aromatic heterocycles. The third-order valence-electron chi connectivity index (χ3n) is 5.94. The molecule has 3 rings (SSSR count). The van der Waals surface area contributed by atoms with Crippen LogP contribution in [-0.4, -0.2) is 36.9 Å². The first-order valence-corrected chi connectivity index (χ1v) is 12.4. The van der Waals surface area contributed by atoms with Crippen LogP contribution in [0.2, 0.25) is 0 Å². The Morgan fingerprint density at radius 3 is 2.35 bits per heavy atom. The average Bonchev–Trinajstić information content (AvgIpc) is 2.83. The molecule has 0 N–H and O–H groups in total. The zero-order valence-corrected chi connectivity index (χ0v) is 21.2. The van der Waals surface area contributed by atoms with Gasteiger partial charge in [0.25, 0.3) is 0 Å². The van der Waals surface area contributed by atoms with Crippen molar-refractivity contribution in [2.45, 2.75) is 59.5 Å². The lowest BCUT2D eigenvalue weighted by Gasteiger charge is -2.26. The predicted molar refractivity (Wildman–Crippen MR) is 141 cm³/mol. The molecular weight excluding hydrogens is 422 g/mol.